The molecular weight excluding hydrogens is 248 g/mol. The van der Waals surface area contributed by atoms with Gasteiger partial charge in [0.25, 0.3) is 0 Å². The van der Waals surface area contributed by atoms with E-state index in [0.29, 0.717) is 6.54 Å². The van der Waals surface area contributed by atoms with Crippen molar-refractivity contribution >= 4 is 5.69 Å². The second-order valence-corrected chi connectivity index (χ2v) is 4.91. The molecule has 0 radical (unpaired) electrons. The van der Waals surface area contributed by atoms with Crippen LogP contribution in [-0.4, -0.2) is 20.7 Å². The van der Waals surface area contributed by atoms with E-state index >= 15 is 0 Å². The zero-order valence-corrected chi connectivity index (χ0v) is 12.2. The molecule has 0 spiro atoms. The lowest BCUT2D eigenvalue weighted by Gasteiger charge is -2.20. The Hall–Kier alpha value is -2.00. The van der Waals surface area contributed by atoms with Gasteiger partial charge in [-0.15, -0.1) is 0 Å². The van der Waals surface area contributed by atoms with Crippen LogP contribution in [0.2, 0.25) is 0 Å². The fourth-order valence-electron chi connectivity index (χ4n) is 2.19. The van der Waals surface area contributed by atoms with Crippen molar-refractivity contribution in [3.63, 3.8) is 0 Å². The number of anilines is 1. The van der Waals surface area contributed by atoms with E-state index in [2.05, 4.69) is 42.3 Å². The van der Waals surface area contributed by atoms with Crippen LogP contribution in [0.4, 0.5) is 5.69 Å². The maximum Gasteiger partial charge on any atom is 0.120 e. The summed E-state index contributed by atoms with van der Waals surface area (Å²) in [6, 6.07) is 16.7. The monoisotopic (exact) mass is 270 g/mol. The van der Waals surface area contributed by atoms with Gasteiger partial charge in [-0.3, -0.25) is 0 Å². The number of benzene rings is 2. The summed E-state index contributed by atoms with van der Waals surface area (Å²) >= 11 is 0. The average Bonchev–Trinajstić information content (AvgIpc) is 2.49. The maximum absolute atomic E-state index is 5.56. The first kappa shape index (κ1) is 14.4. The van der Waals surface area contributed by atoms with Crippen molar-refractivity contribution in [1.29, 1.82) is 0 Å². The van der Waals surface area contributed by atoms with Crippen molar-refractivity contribution in [3.05, 3.63) is 59.7 Å². The van der Waals surface area contributed by atoms with E-state index in [-0.39, 0.29) is 0 Å². The van der Waals surface area contributed by atoms with Crippen LogP contribution in [0.5, 0.6) is 5.75 Å². The molecule has 106 valence electrons. The minimum absolute atomic E-state index is 0.697. The molecule has 0 aromatic heterocycles. The van der Waals surface area contributed by atoms with E-state index in [0.717, 1.165) is 24.4 Å². The Kier molecular flexibility index (Phi) is 5.02. The quantitative estimate of drug-likeness (QED) is 0.877. The van der Waals surface area contributed by atoms with Crippen LogP contribution in [-0.2, 0) is 13.0 Å². The molecule has 2 N–H and O–H groups in total. The Morgan fingerprint density at radius 2 is 1.75 bits per heavy atom. The smallest absolute Gasteiger partial charge is 0.120 e. The molecule has 2 aromatic carbocycles. The van der Waals surface area contributed by atoms with Gasteiger partial charge in [-0.2, -0.15) is 0 Å². The van der Waals surface area contributed by atoms with E-state index in [4.69, 9.17) is 10.5 Å². The highest BCUT2D eigenvalue weighted by Crippen LogP contribution is 2.21. The number of ether oxygens (including phenoxy) is 1. The van der Waals surface area contributed by atoms with Gasteiger partial charge in [0.1, 0.15) is 5.75 Å². The van der Waals surface area contributed by atoms with Gasteiger partial charge in [-0.05, 0) is 36.2 Å². The van der Waals surface area contributed by atoms with Crippen molar-refractivity contribution in [2.45, 2.75) is 13.0 Å². The van der Waals surface area contributed by atoms with E-state index in [1.807, 2.05) is 18.2 Å². The van der Waals surface area contributed by atoms with Crippen molar-refractivity contribution < 1.29 is 4.74 Å². The summed E-state index contributed by atoms with van der Waals surface area (Å²) in [5, 5.41) is 0. The molecule has 3 heteroatoms. The third-order valence-electron chi connectivity index (χ3n) is 3.37. The lowest BCUT2D eigenvalue weighted by Crippen LogP contribution is -2.16. The molecule has 2 aromatic rings. The fourth-order valence-corrected chi connectivity index (χ4v) is 2.19. The van der Waals surface area contributed by atoms with Gasteiger partial charge in [0, 0.05) is 25.3 Å². The van der Waals surface area contributed by atoms with Crippen LogP contribution < -0.4 is 15.4 Å². The first-order valence-electron chi connectivity index (χ1n) is 6.86. The zero-order valence-electron chi connectivity index (χ0n) is 12.2. The number of hydrogen-bond acceptors (Lipinski definition) is 3. The number of rotatable bonds is 6. The molecule has 20 heavy (non-hydrogen) atoms. The summed E-state index contributed by atoms with van der Waals surface area (Å²) in [7, 11) is 3.78. The molecular formula is C17H22N2O. The molecule has 0 aliphatic carbocycles. The van der Waals surface area contributed by atoms with E-state index < -0.39 is 0 Å². The minimum atomic E-state index is 0.697. The predicted octanol–water partition coefficient (Wildman–Crippen LogP) is 2.83. The van der Waals surface area contributed by atoms with Gasteiger partial charge in [0.15, 0.2) is 0 Å². The van der Waals surface area contributed by atoms with Gasteiger partial charge in [0.2, 0.25) is 0 Å². The number of nitrogens with zero attached hydrogens (tertiary/aromatic N) is 1. The Morgan fingerprint density at radius 1 is 1.05 bits per heavy atom. The second kappa shape index (κ2) is 6.96. The molecule has 0 aliphatic heterocycles. The molecule has 0 heterocycles. The standard InChI is InChI=1S/C17H22N2O/c1-19(16-4-3-5-17(12-16)20-2)13-15-8-6-14(7-9-15)10-11-18/h3-9,12H,10-11,13,18H2,1-2H3. The number of nitrogens with two attached hydrogens (primary N) is 1. The van der Waals surface area contributed by atoms with E-state index in [9.17, 15) is 0 Å². The molecule has 0 atom stereocenters. The van der Waals surface area contributed by atoms with Crippen LogP contribution >= 0.6 is 0 Å². The normalized spacial score (nSPS) is 10.3. The summed E-state index contributed by atoms with van der Waals surface area (Å²) in [6.45, 7) is 1.57. The molecule has 0 bridgehead atoms. The number of methoxy groups -OCH3 is 1. The summed E-state index contributed by atoms with van der Waals surface area (Å²) in [4.78, 5) is 2.21. The topological polar surface area (TPSA) is 38.5 Å². The minimum Gasteiger partial charge on any atom is -0.497 e. The summed E-state index contributed by atoms with van der Waals surface area (Å²) in [6.07, 6.45) is 0.937. The first-order valence-corrected chi connectivity index (χ1v) is 6.86. The first-order chi connectivity index (χ1) is 9.72. The van der Waals surface area contributed by atoms with E-state index in [1.165, 1.54) is 11.1 Å². The second-order valence-electron chi connectivity index (χ2n) is 4.91. The highest BCUT2D eigenvalue weighted by Gasteiger charge is 2.03. The third kappa shape index (κ3) is 3.75. The van der Waals surface area contributed by atoms with Crippen LogP contribution in [0.15, 0.2) is 48.5 Å². The van der Waals surface area contributed by atoms with E-state index in [1.54, 1.807) is 7.11 Å². The largest absolute Gasteiger partial charge is 0.497 e. The van der Waals surface area contributed by atoms with Crippen molar-refractivity contribution in [2.24, 2.45) is 5.73 Å². The summed E-state index contributed by atoms with van der Waals surface area (Å²) < 4.78 is 5.26. The lowest BCUT2D eigenvalue weighted by atomic mass is 10.1. The van der Waals surface area contributed by atoms with Crippen LogP contribution in [0, 0.1) is 0 Å². The number of hydrogen-bond donors (Lipinski definition) is 1. The maximum atomic E-state index is 5.56. The molecule has 0 fully saturated rings. The Bertz CT molecular complexity index is 537. The molecule has 2 rings (SSSR count). The van der Waals surface area contributed by atoms with Crippen LogP contribution in [0.1, 0.15) is 11.1 Å². The van der Waals surface area contributed by atoms with Crippen molar-refractivity contribution in [3.8, 4) is 5.75 Å². The molecule has 0 saturated heterocycles. The van der Waals surface area contributed by atoms with Gasteiger partial charge in [-0.1, -0.05) is 30.3 Å². The van der Waals surface area contributed by atoms with Gasteiger partial charge in [-0.25, -0.2) is 0 Å². The predicted molar refractivity (Wildman–Crippen MR) is 84.3 cm³/mol. The molecule has 3 nitrogen and oxygen atoms in total. The van der Waals surface area contributed by atoms with Crippen LogP contribution in [0.25, 0.3) is 0 Å². The SMILES string of the molecule is COc1cccc(N(C)Cc2ccc(CCN)cc2)c1. The van der Waals surface area contributed by atoms with Gasteiger partial charge < -0.3 is 15.4 Å². The van der Waals surface area contributed by atoms with Gasteiger partial charge in [0.05, 0.1) is 7.11 Å². The third-order valence-corrected chi connectivity index (χ3v) is 3.37. The Balaban J connectivity index is 2.04. The fraction of sp³-hybridized carbons (Fsp3) is 0.294. The molecule has 0 unspecified atom stereocenters. The Morgan fingerprint density at radius 3 is 2.40 bits per heavy atom. The zero-order chi connectivity index (χ0) is 14.4. The summed E-state index contributed by atoms with van der Waals surface area (Å²) in [5.74, 6) is 0.882. The molecule has 0 amide bonds. The lowest BCUT2D eigenvalue weighted by molar-refractivity contribution is 0.415. The highest BCUT2D eigenvalue weighted by atomic mass is 16.5. The molecule has 0 aliphatic rings. The van der Waals surface area contributed by atoms with Crippen molar-refractivity contribution in [2.75, 3.05) is 25.6 Å². The Labute approximate surface area is 121 Å². The van der Waals surface area contributed by atoms with Gasteiger partial charge >= 0.3 is 0 Å². The van der Waals surface area contributed by atoms with Crippen molar-refractivity contribution in [1.82, 2.24) is 0 Å². The molecule has 0 saturated carbocycles. The summed E-state index contributed by atoms with van der Waals surface area (Å²) in [5.41, 5.74) is 9.29. The van der Waals surface area contributed by atoms with Crippen LogP contribution in [0.3, 0.4) is 0 Å². The average molecular weight is 270 g/mol. The highest BCUT2D eigenvalue weighted by molar-refractivity contribution is 5.50.